The van der Waals surface area contributed by atoms with Crippen LogP contribution in [0, 0.1) is 6.92 Å². The van der Waals surface area contributed by atoms with Crippen molar-refractivity contribution in [2.24, 2.45) is 5.73 Å². The number of benzene rings is 1. The third kappa shape index (κ3) is 4.00. The van der Waals surface area contributed by atoms with E-state index in [1.54, 1.807) is 7.11 Å². The molecule has 0 saturated heterocycles. The molecule has 0 aliphatic carbocycles. The minimum atomic E-state index is 0.209. The van der Waals surface area contributed by atoms with Crippen molar-refractivity contribution < 1.29 is 4.74 Å². The predicted molar refractivity (Wildman–Crippen MR) is 78.3 cm³/mol. The van der Waals surface area contributed by atoms with Crippen molar-refractivity contribution in [1.82, 2.24) is 0 Å². The Morgan fingerprint density at radius 3 is 2.50 bits per heavy atom. The van der Waals surface area contributed by atoms with E-state index in [1.807, 2.05) is 6.92 Å². The van der Waals surface area contributed by atoms with Gasteiger partial charge in [-0.1, -0.05) is 12.1 Å². The summed E-state index contributed by atoms with van der Waals surface area (Å²) in [7, 11) is 3.85. The molecule has 1 aromatic carbocycles. The van der Waals surface area contributed by atoms with E-state index in [0.29, 0.717) is 6.04 Å². The number of nitrogens with two attached hydrogens (primary N) is 1. The van der Waals surface area contributed by atoms with E-state index >= 15 is 0 Å². The zero-order valence-corrected chi connectivity index (χ0v) is 12.2. The molecular weight excluding hydrogens is 224 g/mol. The van der Waals surface area contributed by atoms with Gasteiger partial charge in [0.15, 0.2) is 0 Å². The largest absolute Gasteiger partial charge is 0.383 e. The lowest BCUT2D eigenvalue weighted by molar-refractivity contribution is 0.183. The first-order valence-electron chi connectivity index (χ1n) is 6.52. The van der Waals surface area contributed by atoms with Gasteiger partial charge in [0.2, 0.25) is 0 Å². The molecule has 0 aliphatic heterocycles. The maximum Gasteiger partial charge on any atom is 0.0663 e. The maximum absolute atomic E-state index is 5.83. The Hall–Kier alpha value is -1.06. The van der Waals surface area contributed by atoms with Gasteiger partial charge in [-0.15, -0.1) is 0 Å². The second kappa shape index (κ2) is 6.76. The number of likely N-dealkylation sites (N-methyl/N-ethyl adjacent to an activating group) is 1. The first kappa shape index (κ1) is 15.0. The highest BCUT2D eigenvalue weighted by molar-refractivity contribution is 5.54. The number of anilines is 1. The Morgan fingerprint density at radius 1 is 1.33 bits per heavy atom. The van der Waals surface area contributed by atoms with Crippen molar-refractivity contribution in [3.63, 3.8) is 0 Å². The van der Waals surface area contributed by atoms with Gasteiger partial charge in [0, 0.05) is 31.9 Å². The Kier molecular flexibility index (Phi) is 5.63. The highest BCUT2D eigenvalue weighted by atomic mass is 16.5. The van der Waals surface area contributed by atoms with Crippen LogP contribution in [0.1, 0.15) is 25.0 Å². The van der Waals surface area contributed by atoms with E-state index in [9.17, 15) is 0 Å². The molecule has 2 unspecified atom stereocenters. The summed E-state index contributed by atoms with van der Waals surface area (Å²) in [6.07, 6.45) is 0.929. The zero-order valence-electron chi connectivity index (χ0n) is 12.2. The molecule has 1 rings (SSSR count). The van der Waals surface area contributed by atoms with E-state index in [1.165, 1.54) is 16.8 Å². The van der Waals surface area contributed by atoms with Crippen LogP contribution in [-0.2, 0) is 11.2 Å². The second-order valence-electron chi connectivity index (χ2n) is 5.22. The van der Waals surface area contributed by atoms with Gasteiger partial charge in [0.25, 0.3) is 0 Å². The van der Waals surface area contributed by atoms with Gasteiger partial charge >= 0.3 is 0 Å². The molecule has 0 amide bonds. The minimum absolute atomic E-state index is 0.209. The van der Waals surface area contributed by atoms with Gasteiger partial charge in [-0.3, -0.25) is 0 Å². The van der Waals surface area contributed by atoms with Gasteiger partial charge in [-0.05, 0) is 44.4 Å². The maximum atomic E-state index is 5.83. The van der Waals surface area contributed by atoms with Crippen molar-refractivity contribution in [3.05, 3.63) is 29.3 Å². The molecule has 0 heterocycles. The lowest BCUT2D eigenvalue weighted by atomic mass is 10.0. The standard InChI is InChI=1S/C15H26N2O/c1-11-8-14(9-12(2)16)6-7-15(11)17(4)13(3)10-18-5/h6-8,12-13H,9-10,16H2,1-5H3. The Morgan fingerprint density at radius 2 is 2.00 bits per heavy atom. The smallest absolute Gasteiger partial charge is 0.0663 e. The third-order valence-corrected chi connectivity index (χ3v) is 3.27. The van der Waals surface area contributed by atoms with Crippen LogP contribution in [0.15, 0.2) is 18.2 Å². The summed E-state index contributed by atoms with van der Waals surface area (Å²) in [5.41, 5.74) is 9.69. The van der Waals surface area contributed by atoms with E-state index < -0.39 is 0 Å². The number of methoxy groups -OCH3 is 1. The lowest BCUT2D eigenvalue weighted by Crippen LogP contribution is -2.33. The molecule has 3 heteroatoms. The fourth-order valence-electron chi connectivity index (χ4n) is 2.20. The van der Waals surface area contributed by atoms with E-state index in [-0.39, 0.29) is 6.04 Å². The van der Waals surface area contributed by atoms with Crippen LogP contribution in [0.5, 0.6) is 0 Å². The summed E-state index contributed by atoms with van der Waals surface area (Å²) in [6, 6.07) is 7.16. The van der Waals surface area contributed by atoms with Gasteiger partial charge in [-0.2, -0.15) is 0 Å². The van der Waals surface area contributed by atoms with Crippen molar-refractivity contribution in [2.45, 2.75) is 39.3 Å². The molecule has 3 nitrogen and oxygen atoms in total. The molecule has 0 aliphatic rings. The number of ether oxygens (including phenoxy) is 1. The van der Waals surface area contributed by atoms with Crippen LogP contribution in [0.4, 0.5) is 5.69 Å². The molecule has 102 valence electrons. The molecule has 2 atom stereocenters. The average molecular weight is 250 g/mol. The van der Waals surface area contributed by atoms with Crippen LogP contribution < -0.4 is 10.6 Å². The van der Waals surface area contributed by atoms with Gasteiger partial charge < -0.3 is 15.4 Å². The topological polar surface area (TPSA) is 38.5 Å². The summed E-state index contributed by atoms with van der Waals surface area (Å²) >= 11 is 0. The van der Waals surface area contributed by atoms with Gasteiger partial charge in [0.05, 0.1) is 6.61 Å². The van der Waals surface area contributed by atoms with Crippen LogP contribution in [0.2, 0.25) is 0 Å². The normalized spacial score (nSPS) is 14.3. The van der Waals surface area contributed by atoms with Crippen molar-refractivity contribution >= 4 is 5.69 Å². The number of hydrogen-bond donors (Lipinski definition) is 1. The Bertz CT molecular complexity index is 377. The molecule has 0 fully saturated rings. The van der Waals surface area contributed by atoms with E-state index in [4.69, 9.17) is 10.5 Å². The zero-order chi connectivity index (χ0) is 13.7. The van der Waals surface area contributed by atoms with Crippen LogP contribution >= 0.6 is 0 Å². The van der Waals surface area contributed by atoms with Crippen LogP contribution in [0.3, 0.4) is 0 Å². The Labute approximate surface area is 111 Å². The summed E-state index contributed by atoms with van der Waals surface area (Å²) in [5.74, 6) is 0. The highest BCUT2D eigenvalue weighted by Gasteiger charge is 2.12. The average Bonchev–Trinajstić information content (AvgIpc) is 2.28. The molecule has 0 bridgehead atoms. The van der Waals surface area contributed by atoms with Crippen LogP contribution in [0.25, 0.3) is 0 Å². The molecule has 0 saturated carbocycles. The molecule has 0 spiro atoms. The molecule has 0 radical (unpaired) electrons. The van der Waals surface area contributed by atoms with Crippen molar-refractivity contribution in [1.29, 1.82) is 0 Å². The predicted octanol–water partition coefficient (Wildman–Crippen LogP) is 2.36. The number of aryl methyl sites for hydroxylation is 1. The summed E-state index contributed by atoms with van der Waals surface area (Å²) < 4.78 is 5.20. The fourth-order valence-corrected chi connectivity index (χ4v) is 2.20. The molecule has 18 heavy (non-hydrogen) atoms. The quantitative estimate of drug-likeness (QED) is 0.842. The van der Waals surface area contributed by atoms with Gasteiger partial charge in [0.1, 0.15) is 0 Å². The lowest BCUT2D eigenvalue weighted by Gasteiger charge is -2.28. The van der Waals surface area contributed by atoms with E-state index in [2.05, 4.69) is 44.0 Å². The highest BCUT2D eigenvalue weighted by Crippen LogP contribution is 2.22. The Balaban J connectivity index is 2.84. The van der Waals surface area contributed by atoms with Crippen molar-refractivity contribution in [2.75, 3.05) is 25.7 Å². The summed E-state index contributed by atoms with van der Waals surface area (Å²) in [6.45, 7) is 7.09. The first-order valence-corrected chi connectivity index (χ1v) is 6.52. The minimum Gasteiger partial charge on any atom is -0.383 e. The molecule has 2 N–H and O–H groups in total. The molecule has 1 aromatic rings. The summed E-state index contributed by atoms with van der Waals surface area (Å²) in [5, 5.41) is 0. The fraction of sp³-hybridized carbons (Fsp3) is 0.600. The van der Waals surface area contributed by atoms with Crippen LogP contribution in [-0.4, -0.2) is 32.8 Å². The molecule has 0 aromatic heterocycles. The first-order chi connectivity index (χ1) is 8.45. The number of rotatable bonds is 6. The number of hydrogen-bond acceptors (Lipinski definition) is 3. The monoisotopic (exact) mass is 250 g/mol. The third-order valence-electron chi connectivity index (χ3n) is 3.27. The number of nitrogens with zero attached hydrogens (tertiary/aromatic N) is 1. The van der Waals surface area contributed by atoms with Gasteiger partial charge in [-0.25, -0.2) is 0 Å². The van der Waals surface area contributed by atoms with Crippen molar-refractivity contribution in [3.8, 4) is 0 Å². The SMILES string of the molecule is COCC(C)N(C)c1ccc(CC(C)N)cc1C. The van der Waals surface area contributed by atoms with E-state index in [0.717, 1.165) is 13.0 Å². The molecular formula is C15H26N2O. The summed E-state index contributed by atoms with van der Waals surface area (Å²) in [4.78, 5) is 2.26. The second-order valence-corrected chi connectivity index (χ2v) is 5.22.